The summed E-state index contributed by atoms with van der Waals surface area (Å²) in [7, 11) is 0. The molecule has 0 amide bonds. The van der Waals surface area contributed by atoms with Gasteiger partial charge in [0.25, 0.3) is 0 Å². The van der Waals surface area contributed by atoms with Crippen molar-refractivity contribution < 1.29 is 4.79 Å². The highest BCUT2D eigenvalue weighted by molar-refractivity contribution is 5.59. The lowest BCUT2D eigenvalue weighted by Crippen LogP contribution is -2.28. The van der Waals surface area contributed by atoms with Crippen molar-refractivity contribution in [2.24, 2.45) is 0 Å². The normalized spacial score (nSPS) is 11.4. The average Bonchev–Trinajstić information content (AvgIpc) is 2.38. The Kier molecular flexibility index (Phi) is 1.53. The molecule has 0 aliphatic carbocycles. The summed E-state index contributed by atoms with van der Waals surface area (Å²) in [5.41, 5.74) is -0.573. The van der Waals surface area contributed by atoms with Crippen LogP contribution in [0.15, 0.2) is 12.7 Å². The van der Waals surface area contributed by atoms with Crippen molar-refractivity contribution in [2.45, 2.75) is 19.4 Å². The Bertz CT molecular complexity index is 215. The Labute approximate surface area is 58.9 Å². The lowest BCUT2D eigenvalue weighted by Gasteiger charge is -2.15. The Morgan fingerprint density at radius 3 is 2.70 bits per heavy atom. The highest BCUT2D eigenvalue weighted by atomic mass is 16.1. The van der Waals surface area contributed by atoms with Crippen LogP contribution >= 0.6 is 0 Å². The lowest BCUT2D eigenvalue weighted by atomic mass is 10.1. The molecule has 0 N–H and O–H groups in total. The fourth-order valence-electron chi connectivity index (χ4n) is 0.560. The van der Waals surface area contributed by atoms with E-state index >= 15 is 0 Å². The molecule has 0 spiro atoms. The van der Waals surface area contributed by atoms with Gasteiger partial charge in [0.2, 0.25) is 0 Å². The minimum Gasteiger partial charge on any atom is -0.301 e. The maximum absolute atomic E-state index is 10.4. The van der Waals surface area contributed by atoms with Crippen LogP contribution in [0, 0.1) is 0 Å². The molecular weight excluding hydrogens is 130 g/mol. The average molecular weight is 139 g/mol. The Hall–Kier alpha value is -1.19. The molecule has 1 aromatic rings. The summed E-state index contributed by atoms with van der Waals surface area (Å²) in [6.07, 6.45) is 3.77. The molecule has 10 heavy (non-hydrogen) atoms. The van der Waals surface area contributed by atoms with Gasteiger partial charge < -0.3 is 4.79 Å². The van der Waals surface area contributed by atoms with Gasteiger partial charge in [-0.1, -0.05) is 0 Å². The van der Waals surface area contributed by atoms with Crippen molar-refractivity contribution in [2.75, 3.05) is 0 Å². The molecule has 0 atom stereocenters. The van der Waals surface area contributed by atoms with Crippen molar-refractivity contribution in [3.05, 3.63) is 12.7 Å². The van der Waals surface area contributed by atoms with Crippen LogP contribution in [0.25, 0.3) is 0 Å². The summed E-state index contributed by atoms with van der Waals surface area (Å²) in [5, 5.41) is 3.83. The van der Waals surface area contributed by atoms with Crippen molar-refractivity contribution in [1.82, 2.24) is 14.8 Å². The third kappa shape index (κ3) is 1.05. The first kappa shape index (κ1) is 6.92. The lowest BCUT2D eigenvalue weighted by molar-refractivity contribution is -0.114. The number of nitrogens with zero attached hydrogens (tertiary/aromatic N) is 3. The van der Waals surface area contributed by atoms with Crippen LogP contribution in [0.3, 0.4) is 0 Å². The number of aldehydes is 1. The largest absolute Gasteiger partial charge is 0.301 e. The summed E-state index contributed by atoms with van der Waals surface area (Å²) in [6.45, 7) is 3.54. The van der Waals surface area contributed by atoms with Crippen LogP contribution in [0.1, 0.15) is 13.8 Å². The predicted molar refractivity (Wildman–Crippen MR) is 35.4 cm³/mol. The van der Waals surface area contributed by atoms with E-state index in [-0.39, 0.29) is 0 Å². The highest BCUT2D eigenvalue weighted by Crippen LogP contribution is 2.07. The minimum atomic E-state index is -0.573. The topological polar surface area (TPSA) is 47.8 Å². The van der Waals surface area contributed by atoms with Crippen LogP contribution in [0.5, 0.6) is 0 Å². The fourth-order valence-corrected chi connectivity index (χ4v) is 0.560. The van der Waals surface area contributed by atoms with Gasteiger partial charge >= 0.3 is 0 Å². The Morgan fingerprint density at radius 2 is 2.30 bits per heavy atom. The van der Waals surface area contributed by atoms with E-state index in [1.165, 1.54) is 17.3 Å². The summed E-state index contributed by atoms with van der Waals surface area (Å²) in [4.78, 5) is 14.2. The van der Waals surface area contributed by atoms with Gasteiger partial charge in [-0.2, -0.15) is 5.10 Å². The van der Waals surface area contributed by atoms with Crippen LogP contribution in [-0.2, 0) is 10.3 Å². The van der Waals surface area contributed by atoms with Crippen molar-refractivity contribution in [3.63, 3.8) is 0 Å². The molecule has 0 bridgehead atoms. The molecule has 0 fully saturated rings. The highest BCUT2D eigenvalue weighted by Gasteiger charge is 2.18. The van der Waals surface area contributed by atoms with E-state index in [4.69, 9.17) is 0 Å². The first-order valence-corrected chi connectivity index (χ1v) is 2.98. The standard InChI is InChI=1S/C6H9N3O/c1-6(2,3-10)9-5-7-4-8-9/h3-5H,1-2H3. The molecule has 1 aromatic heterocycles. The second-order valence-electron chi connectivity index (χ2n) is 2.61. The zero-order valence-electron chi connectivity index (χ0n) is 5.98. The number of aromatic nitrogens is 3. The summed E-state index contributed by atoms with van der Waals surface area (Å²) >= 11 is 0. The van der Waals surface area contributed by atoms with Gasteiger partial charge in [0, 0.05) is 0 Å². The second kappa shape index (κ2) is 2.21. The Morgan fingerprint density at radius 1 is 1.60 bits per heavy atom. The minimum absolute atomic E-state index is 0.573. The third-order valence-corrected chi connectivity index (χ3v) is 1.30. The van der Waals surface area contributed by atoms with Crippen LogP contribution in [0.2, 0.25) is 0 Å². The van der Waals surface area contributed by atoms with Gasteiger partial charge in [0.05, 0.1) is 0 Å². The number of carbonyl (C=O) groups is 1. The van der Waals surface area contributed by atoms with Crippen molar-refractivity contribution >= 4 is 6.29 Å². The predicted octanol–water partition coefficient (Wildman–Crippen LogP) is 0.212. The number of carbonyl (C=O) groups excluding carboxylic acids is 1. The molecule has 4 nitrogen and oxygen atoms in total. The molecule has 1 rings (SSSR count). The zero-order valence-corrected chi connectivity index (χ0v) is 5.98. The van der Waals surface area contributed by atoms with E-state index in [0.29, 0.717) is 0 Å². The molecule has 54 valence electrons. The molecule has 0 unspecified atom stereocenters. The van der Waals surface area contributed by atoms with Gasteiger partial charge in [0.1, 0.15) is 24.5 Å². The summed E-state index contributed by atoms with van der Waals surface area (Å²) in [6, 6.07) is 0. The SMILES string of the molecule is CC(C)(C=O)n1cncn1. The fraction of sp³-hybridized carbons (Fsp3) is 0.500. The van der Waals surface area contributed by atoms with E-state index in [0.717, 1.165) is 6.29 Å². The van der Waals surface area contributed by atoms with E-state index in [1.54, 1.807) is 13.8 Å². The van der Waals surface area contributed by atoms with E-state index in [1.807, 2.05) is 0 Å². The zero-order chi connectivity index (χ0) is 7.61. The maximum Gasteiger partial charge on any atom is 0.147 e. The van der Waals surface area contributed by atoms with Gasteiger partial charge in [0.15, 0.2) is 0 Å². The number of hydrogen-bond acceptors (Lipinski definition) is 3. The number of hydrogen-bond donors (Lipinski definition) is 0. The summed E-state index contributed by atoms with van der Waals surface area (Å²) in [5.74, 6) is 0. The molecule has 4 heteroatoms. The first-order valence-electron chi connectivity index (χ1n) is 2.98. The monoisotopic (exact) mass is 139 g/mol. The molecular formula is C6H9N3O. The molecule has 0 saturated heterocycles. The van der Waals surface area contributed by atoms with Crippen molar-refractivity contribution in [1.29, 1.82) is 0 Å². The van der Waals surface area contributed by atoms with Crippen molar-refractivity contribution in [3.8, 4) is 0 Å². The molecule has 0 saturated carbocycles. The van der Waals surface area contributed by atoms with Crippen LogP contribution in [-0.4, -0.2) is 21.1 Å². The molecule has 0 aromatic carbocycles. The van der Waals surface area contributed by atoms with Gasteiger partial charge in [-0.05, 0) is 13.8 Å². The number of rotatable bonds is 2. The van der Waals surface area contributed by atoms with Crippen LogP contribution < -0.4 is 0 Å². The van der Waals surface area contributed by atoms with Gasteiger partial charge in [-0.15, -0.1) is 0 Å². The van der Waals surface area contributed by atoms with Gasteiger partial charge in [-0.25, -0.2) is 9.67 Å². The molecule has 0 radical (unpaired) electrons. The quantitative estimate of drug-likeness (QED) is 0.550. The molecule has 0 aliphatic heterocycles. The smallest absolute Gasteiger partial charge is 0.147 e. The van der Waals surface area contributed by atoms with E-state index < -0.39 is 5.54 Å². The van der Waals surface area contributed by atoms with Crippen LogP contribution in [0.4, 0.5) is 0 Å². The third-order valence-electron chi connectivity index (χ3n) is 1.30. The Balaban J connectivity index is 2.95. The second-order valence-corrected chi connectivity index (χ2v) is 2.61. The maximum atomic E-state index is 10.4. The van der Waals surface area contributed by atoms with Gasteiger partial charge in [-0.3, -0.25) is 0 Å². The van der Waals surface area contributed by atoms with E-state index in [9.17, 15) is 4.79 Å². The first-order chi connectivity index (χ1) is 4.67. The molecule has 0 aliphatic rings. The molecule has 1 heterocycles. The van der Waals surface area contributed by atoms with E-state index in [2.05, 4.69) is 10.1 Å². The summed E-state index contributed by atoms with van der Waals surface area (Å²) < 4.78 is 1.51.